The Morgan fingerprint density at radius 1 is 1.42 bits per heavy atom. The fourth-order valence-corrected chi connectivity index (χ4v) is 2.10. The van der Waals surface area contributed by atoms with Gasteiger partial charge in [-0.05, 0) is 25.3 Å². The van der Waals surface area contributed by atoms with E-state index in [1.165, 1.54) is 21.0 Å². The van der Waals surface area contributed by atoms with Crippen LogP contribution in [0.2, 0.25) is 0 Å². The van der Waals surface area contributed by atoms with Crippen LogP contribution in [-0.4, -0.2) is 30.1 Å². The molecule has 6 nitrogen and oxygen atoms in total. The molecule has 0 fully saturated rings. The third-order valence-electron chi connectivity index (χ3n) is 2.49. The van der Waals surface area contributed by atoms with Crippen LogP contribution in [0.5, 0.6) is 0 Å². The molecule has 1 aromatic heterocycles. The summed E-state index contributed by atoms with van der Waals surface area (Å²) in [4.78, 5) is 34.4. The maximum absolute atomic E-state index is 11.8. The number of carboxylic acid groups (broad SMARTS) is 1. The zero-order chi connectivity index (χ0) is 14.6. The van der Waals surface area contributed by atoms with Crippen LogP contribution in [0.4, 0.5) is 5.69 Å². The molecule has 0 bridgehead atoms. The first kappa shape index (κ1) is 15.2. The van der Waals surface area contributed by atoms with Gasteiger partial charge in [0.05, 0.1) is 18.2 Å². The van der Waals surface area contributed by atoms with E-state index in [1.54, 1.807) is 11.4 Å². The van der Waals surface area contributed by atoms with E-state index in [-0.39, 0.29) is 11.3 Å². The Labute approximate surface area is 114 Å². The molecule has 0 atom stereocenters. The maximum Gasteiger partial charge on any atom is 0.350 e. The number of rotatable bonds is 5. The van der Waals surface area contributed by atoms with E-state index in [9.17, 15) is 14.4 Å². The predicted octanol–water partition coefficient (Wildman–Crippen LogP) is 1.97. The van der Waals surface area contributed by atoms with E-state index in [0.717, 1.165) is 11.3 Å². The van der Waals surface area contributed by atoms with E-state index in [0.29, 0.717) is 5.69 Å². The molecule has 19 heavy (non-hydrogen) atoms. The number of nitrogens with one attached hydrogen (secondary N) is 1. The van der Waals surface area contributed by atoms with E-state index in [2.05, 4.69) is 10.1 Å². The van der Waals surface area contributed by atoms with Gasteiger partial charge >= 0.3 is 11.9 Å². The SMILES string of the molecule is COC(=O)c1sccc1NC(=O)CC(C)(C)C(=O)O. The van der Waals surface area contributed by atoms with Crippen molar-refractivity contribution in [3.8, 4) is 0 Å². The van der Waals surface area contributed by atoms with Crippen LogP contribution in [0, 0.1) is 5.41 Å². The number of carbonyl (C=O) groups excluding carboxylic acids is 2. The van der Waals surface area contributed by atoms with Gasteiger partial charge in [0.2, 0.25) is 5.91 Å². The number of esters is 1. The predicted molar refractivity (Wildman–Crippen MR) is 70.3 cm³/mol. The molecular formula is C12H15NO5S. The minimum absolute atomic E-state index is 0.182. The first-order valence-corrected chi connectivity index (χ1v) is 6.35. The van der Waals surface area contributed by atoms with E-state index in [1.807, 2.05) is 0 Å². The second-order valence-corrected chi connectivity index (χ2v) is 5.49. The lowest BCUT2D eigenvalue weighted by atomic mass is 9.89. The van der Waals surface area contributed by atoms with Crippen LogP contribution in [0.3, 0.4) is 0 Å². The average Bonchev–Trinajstić information content (AvgIpc) is 2.75. The standard InChI is InChI=1S/C12H15NO5S/c1-12(2,11(16)17)6-8(14)13-7-4-5-19-9(7)10(15)18-3/h4-5H,6H2,1-3H3,(H,13,14)(H,16,17). The lowest BCUT2D eigenvalue weighted by Gasteiger charge is -2.18. The Hall–Kier alpha value is -1.89. The summed E-state index contributed by atoms with van der Waals surface area (Å²) in [5.41, 5.74) is -0.825. The smallest absolute Gasteiger partial charge is 0.350 e. The molecule has 0 aliphatic carbocycles. The van der Waals surface area contributed by atoms with Crippen molar-refractivity contribution in [2.75, 3.05) is 12.4 Å². The number of hydrogen-bond acceptors (Lipinski definition) is 5. The number of thiophene rings is 1. The number of amides is 1. The molecule has 0 aliphatic rings. The highest BCUT2D eigenvalue weighted by molar-refractivity contribution is 7.12. The van der Waals surface area contributed by atoms with Crippen LogP contribution in [0.1, 0.15) is 29.9 Å². The first-order chi connectivity index (χ1) is 8.77. The second kappa shape index (κ2) is 5.83. The van der Waals surface area contributed by atoms with Crippen molar-refractivity contribution in [3.05, 3.63) is 16.3 Å². The number of carbonyl (C=O) groups is 3. The van der Waals surface area contributed by atoms with Gasteiger partial charge in [-0.1, -0.05) is 0 Å². The molecule has 7 heteroatoms. The van der Waals surface area contributed by atoms with E-state index in [4.69, 9.17) is 5.11 Å². The number of aliphatic carboxylic acids is 1. The van der Waals surface area contributed by atoms with E-state index >= 15 is 0 Å². The van der Waals surface area contributed by atoms with Crippen molar-refractivity contribution in [1.29, 1.82) is 0 Å². The molecule has 0 saturated heterocycles. The second-order valence-electron chi connectivity index (χ2n) is 4.57. The zero-order valence-electron chi connectivity index (χ0n) is 10.9. The Balaban J connectivity index is 2.76. The van der Waals surface area contributed by atoms with Crippen LogP contribution in [-0.2, 0) is 14.3 Å². The average molecular weight is 285 g/mol. The lowest BCUT2D eigenvalue weighted by molar-refractivity contribution is -0.148. The first-order valence-electron chi connectivity index (χ1n) is 5.47. The summed E-state index contributed by atoms with van der Waals surface area (Å²) in [6, 6.07) is 1.57. The van der Waals surface area contributed by atoms with Crippen LogP contribution >= 0.6 is 11.3 Å². The summed E-state index contributed by atoms with van der Waals surface area (Å²) in [6.45, 7) is 2.92. The van der Waals surface area contributed by atoms with Crippen LogP contribution in [0.15, 0.2) is 11.4 Å². The maximum atomic E-state index is 11.8. The Morgan fingerprint density at radius 2 is 2.05 bits per heavy atom. The van der Waals surface area contributed by atoms with Gasteiger partial charge in [-0.2, -0.15) is 0 Å². The molecule has 1 rings (SSSR count). The largest absolute Gasteiger partial charge is 0.481 e. The molecule has 0 aliphatic heterocycles. The van der Waals surface area contributed by atoms with Crippen molar-refractivity contribution >= 4 is 34.9 Å². The molecule has 2 N–H and O–H groups in total. The summed E-state index contributed by atoms with van der Waals surface area (Å²) >= 11 is 1.14. The van der Waals surface area contributed by atoms with Crippen LogP contribution < -0.4 is 5.32 Å². The van der Waals surface area contributed by atoms with Gasteiger partial charge in [-0.3, -0.25) is 9.59 Å². The third kappa shape index (κ3) is 3.78. The molecule has 1 heterocycles. The fraction of sp³-hybridized carbons (Fsp3) is 0.417. The molecule has 0 unspecified atom stereocenters. The van der Waals surface area contributed by atoms with Crippen molar-refractivity contribution in [1.82, 2.24) is 0 Å². The number of ether oxygens (including phenoxy) is 1. The van der Waals surface area contributed by atoms with E-state index < -0.39 is 23.3 Å². The lowest BCUT2D eigenvalue weighted by Crippen LogP contribution is -2.29. The Bertz CT molecular complexity index is 506. The molecule has 0 radical (unpaired) electrons. The van der Waals surface area contributed by atoms with Gasteiger partial charge in [0.25, 0.3) is 0 Å². The molecule has 1 amide bonds. The Morgan fingerprint density at radius 3 is 2.58 bits per heavy atom. The van der Waals surface area contributed by atoms with Gasteiger partial charge in [0, 0.05) is 6.42 Å². The fourth-order valence-electron chi connectivity index (χ4n) is 1.33. The summed E-state index contributed by atoms with van der Waals surface area (Å²) in [7, 11) is 1.25. The summed E-state index contributed by atoms with van der Waals surface area (Å²) < 4.78 is 4.58. The summed E-state index contributed by atoms with van der Waals surface area (Å²) in [5, 5.41) is 13.1. The quantitative estimate of drug-likeness (QED) is 0.807. The number of methoxy groups -OCH3 is 1. The number of anilines is 1. The van der Waals surface area contributed by atoms with Gasteiger partial charge < -0.3 is 15.2 Å². The molecule has 0 aromatic carbocycles. The van der Waals surface area contributed by atoms with Crippen molar-refractivity contribution in [3.63, 3.8) is 0 Å². The minimum Gasteiger partial charge on any atom is -0.481 e. The number of hydrogen-bond donors (Lipinski definition) is 2. The normalized spacial score (nSPS) is 10.9. The Kier molecular flexibility index (Phi) is 4.66. The van der Waals surface area contributed by atoms with Crippen molar-refractivity contribution < 1.29 is 24.2 Å². The molecule has 1 aromatic rings. The van der Waals surface area contributed by atoms with Gasteiger partial charge in [0.1, 0.15) is 4.88 Å². The molecule has 0 spiro atoms. The van der Waals surface area contributed by atoms with Crippen molar-refractivity contribution in [2.45, 2.75) is 20.3 Å². The third-order valence-corrected chi connectivity index (χ3v) is 3.39. The molecular weight excluding hydrogens is 270 g/mol. The topological polar surface area (TPSA) is 92.7 Å². The van der Waals surface area contributed by atoms with Gasteiger partial charge in [-0.15, -0.1) is 11.3 Å². The monoisotopic (exact) mass is 285 g/mol. The highest BCUT2D eigenvalue weighted by atomic mass is 32.1. The molecule has 104 valence electrons. The summed E-state index contributed by atoms with van der Waals surface area (Å²) in [5.74, 6) is -2.06. The summed E-state index contributed by atoms with van der Waals surface area (Å²) in [6.07, 6.45) is -0.182. The minimum atomic E-state index is -1.16. The zero-order valence-corrected chi connectivity index (χ0v) is 11.7. The highest BCUT2D eigenvalue weighted by Gasteiger charge is 2.30. The highest BCUT2D eigenvalue weighted by Crippen LogP contribution is 2.25. The van der Waals surface area contributed by atoms with Gasteiger partial charge in [-0.25, -0.2) is 4.79 Å². The van der Waals surface area contributed by atoms with Crippen LogP contribution in [0.25, 0.3) is 0 Å². The van der Waals surface area contributed by atoms with Crippen molar-refractivity contribution in [2.24, 2.45) is 5.41 Å². The van der Waals surface area contributed by atoms with Gasteiger partial charge in [0.15, 0.2) is 0 Å². The number of carboxylic acids is 1. The molecule has 0 saturated carbocycles.